The van der Waals surface area contributed by atoms with Crippen LogP contribution in [0.15, 0.2) is 36.8 Å². The molecule has 3 N–H and O–H groups in total. The molecule has 0 fully saturated rings. The Hall–Kier alpha value is -3.36. The first-order valence-electron chi connectivity index (χ1n) is 6.81. The van der Waals surface area contributed by atoms with E-state index in [1.54, 1.807) is 23.0 Å². The number of nitrogens with one attached hydrogen (secondary N) is 1. The Morgan fingerprint density at radius 3 is 3.00 bits per heavy atom. The van der Waals surface area contributed by atoms with Crippen LogP contribution in [0.25, 0.3) is 17.0 Å². The van der Waals surface area contributed by atoms with Crippen LogP contribution < -0.4 is 5.73 Å². The van der Waals surface area contributed by atoms with Crippen LogP contribution in [-0.2, 0) is 6.42 Å². The van der Waals surface area contributed by atoms with Crippen LogP contribution in [-0.4, -0.2) is 35.2 Å². The first-order chi connectivity index (χ1) is 11.2. The average Bonchev–Trinajstić information content (AvgIpc) is 3.17. The maximum Gasteiger partial charge on any atom is 0.178 e. The predicted molar refractivity (Wildman–Crippen MR) is 80.2 cm³/mol. The zero-order valence-corrected chi connectivity index (χ0v) is 11.8. The summed E-state index contributed by atoms with van der Waals surface area (Å²) < 4.78 is 14.5. The summed E-state index contributed by atoms with van der Waals surface area (Å²) in [6.07, 6.45) is 5.26. The predicted octanol–water partition coefficient (Wildman–Crippen LogP) is 1.25. The minimum absolute atomic E-state index is 0.387. The normalized spacial score (nSPS) is 11.2. The van der Waals surface area contributed by atoms with E-state index in [0.29, 0.717) is 29.2 Å². The molecule has 4 rings (SSSR count). The number of fused-ring (bicyclic) bond motifs is 1. The van der Waals surface area contributed by atoms with Gasteiger partial charge in [-0.3, -0.25) is 0 Å². The highest BCUT2D eigenvalue weighted by atomic mass is 19.1. The van der Waals surface area contributed by atoms with Crippen molar-refractivity contribution in [2.75, 3.05) is 5.73 Å². The van der Waals surface area contributed by atoms with Gasteiger partial charge < -0.3 is 5.73 Å². The number of rotatable bonds is 3. The zero-order chi connectivity index (χ0) is 15.8. The number of aromatic nitrogens is 7. The Labute approximate surface area is 129 Å². The van der Waals surface area contributed by atoms with Crippen molar-refractivity contribution in [1.29, 1.82) is 0 Å². The SMILES string of the molecule is Nc1cc(Cc2cnn(-c3ccc(F)cn3)c2)c2nn[nH]c2n1. The van der Waals surface area contributed by atoms with Crippen molar-refractivity contribution in [3.8, 4) is 5.82 Å². The maximum atomic E-state index is 12.9. The van der Waals surface area contributed by atoms with Gasteiger partial charge in [0, 0.05) is 12.6 Å². The van der Waals surface area contributed by atoms with Crippen molar-refractivity contribution in [2.24, 2.45) is 0 Å². The molecule has 4 aromatic rings. The van der Waals surface area contributed by atoms with E-state index in [4.69, 9.17) is 5.73 Å². The molecule has 0 aliphatic carbocycles. The molecule has 114 valence electrons. The minimum Gasteiger partial charge on any atom is -0.384 e. The molecule has 0 saturated carbocycles. The van der Waals surface area contributed by atoms with E-state index in [2.05, 4.69) is 30.5 Å². The van der Waals surface area contributed by atoms with Crippen molar-refractivity contribution >= 4 is 17.0 Å². The first-order valence-corrected chi connectivity index (χ1v) is 6.81. The lowest BCUT2D eigenvalue weighted by molar-refractivity contribution is 0.619. The van der Waals surface area contributed by atoms with E-state index in [-0.39, 0.29) is 5.82 Å². The smallest absolute Gasteiger partial charge is 0.178 e. The second-order valence-corrected chi connectivity index (χ2v) is 5.02. The number of nitrogen functional groups attached to an aromatic ring is 1. The van der Waals surface area contributed by atoms with Gasteiger partial charge in [-0.25, -0.2) is 24.1 Å². The largest absolute Gasteiger partial charge is 0.384 e. The Kier molecular flexibility index (Phi) is 2.97. The number of halogens is 1. The highest BCUT2D eigenvalue weighted by Gasteiger charge is 2.10. The van der Waals surface area contributed by atoms with E-state index in [9.17, 15) is 4.39 Å². The van der Waals surface area contributed by atoms with Gasteiger partial charge in [-0.05, 0) is 29.3 Å². The lowest BCUT2D eigenvalue weighted by Gasteiger charge is -2.01. The Bertz CT molecular complexity index is 972. The van der Waals surface area contributed by atoms with Crippen molar-refractivity contribution in [1.82, 2.24) is 35.2 Å². The number of pyridine rings is 2. The van der Waals surface area contributed by atoms with E-state index < -0.39 is 0 Å². The number of anilines is 1. The van der Waals surface area contributed by atoms with Crippen LogP contribution in [0, 0.1) is 5.82 Å². The topological polar surface area (TPSA) is 111 Å². The molecular weight excluding hydrogens is 299 g/mol. The van der Waals surface area contributed by atoms with Crippen molar-refractivity contribution in [2.45, 2.75) is 6.42 Å². The van der Waals surface area contributed by atoms with Crippen LogP contribution >= 0.6 is 0 Å². The van der Waals surface area contributed by atoms with Gasteiger partial charge in [0.15, 0.2) is 11.5 Å². The second-order valence-electron chi connectivity index (χ2n) is 5.02. The fourth-order valence-electron chi connectivity index (χ4n) is 2.36. The molecule has 0 amide bonds. The quantitative estimate of drug-likeness (QED) is 0.589. The van der Waals surface area contributed by atoms with Crippen LogP contribution in [0.2, 0.25) is 0 Å². The Morgan fingerprint density at radius 1 is 1.26 bits per heavy atom. The molecule has 8 nitrogen and oxygen atoms in total. The summed E-state index contributed by atoms with van der Waals surface area (Å²) in [5, 5.41) is 14.7. The van der Waals surface area contributed by atoms with Crippen molar-refractivity contribution in [3.05, 3.63) is 53.7 Å². The van der Waals surface area contributed by atoms with E-state index >= 15 is 0 Å². The fraction of sp³-hybridized carbons (Fsp3) is 0.0714. The number of nitrogens with zero attached hydrogens (tertiary/aromatic N) is 6. The second kappa shape index (κ2) is 5.13. The zero-order valence-electron chi connectivity index (χ0n) is 11.8. The molecule has 4 heterocycles. The maximum absolute atomic E-state index is 12.9. The molecule has 0 atom stereocenters. The summed E-state index contributed by atoms with van der Waals surface area (Å²) in [7, 11) is 0. The third-order valence-corrected chi connectivity index (χ3v) is 3.37. The van der Waals surface area contributed by atoms with Crippen LogP contribution in [0.3, 0.4) is 0 Å². The summed E-state index contributed by atoms with van der Waals surface area (Å²) >= 11 is 0. The van der Waals surface area contributed by atoms with Crippen LogP contribution in [0.4, 0.5) is 10.2 Å². The van der Waals surface area contributed by atoms with Gasteiger partial charge in [0.25, 0.3) is 0 Å². The number of hydrogen-bond donors (Lipinski definition) is 2. The molecule has 0 radical (unpaired) electrons. The average molecular weight is 310 g/mol. The summed E-state index contributed by atoms with van der Waals surface area (Å²) in [4.78, 5) is 8.12. The third kappa shape index (κ3) is 2.48. The standard InChI is InChI=1S/C14H11FN8/c15-10-1-2-12(17-6-10)23-7-8(5-18-23)3-9-4-11(16)19-14-13(9)20-22-21-14/h1-2,4-7H,3H2,(H3,16,19,20,21,22). The molecule has 0 aromatic carbocycles. The molecule has 0 saturated heterocycles. The molecule has 0 spiro atoms. The van der Waals surface area contributed by atoms with Gasteiger partial charge in [0.2, 0.25) is 0 Å². The van der Waals surface area contributed by atoms with Gasteiger partial charge in [-0.15, -0.1) is 5.10 Å². The van der Waals surface area contributed by atoms with Gasteiger partial charge in [-0.2, -0.15) is 5.10 Å². The minimum atomic E-state index is -0.387. The summed E-state index contributed by atoms with van der Waals surface area (Å²) in [6, 6.07) is 4.66. The van der Waals surface area contributed by atoms with Crippen molar-refractivity contribution in [3.63, 3.8) is 0 Å². The first kappa shape index (κ1) is 13.3. The number of hydrogen-bond acceptors (Lipinski definition) is 6. The summed E-state index contributed by atoms with van der Waals surface area (Å²) in [5.74, 6) is 0.548. The molecule has 0 aliphatic rings. The molecule has 23 heavy (non-hydrogen) atoms. The monoisotopic (exact) mass is 310 g/mol. The lowest BCUT2D eigenvalue weighted by atomic mass is 10.1. The number of aromatic amines is 1. The highest BCUT2D eigenvalue weighted by Crippen LogP contribution is 2.19. The highest BCUT2D eigenvalue weighted by molar-refractivity contribution is 5.76. The Balaban J connectivity index is 1.67. The summed E-state index contributed by atoms with van der Waals surface area (Å²) in [5.41, 5.74) is 8.85. The fourth-order valence-corrected chi connectivity index (χ4v) is 2.36. The van der Waals surface area contributed by atoms with Gasteiger partial charge in [-0.1, -0.05) is 5.21 Å². The summed E-state index contributed by atoms with van der Waals surface area (Å²) in [6.45, 7) is 0. The molecule has 0 bridgehead atoms. The molecular formula is C14H11FN8. The Morgan fingerprint density at radius 2 is 2.17 bits per heavy atom. The van der Waals surface area contributed by atoms with Gasteiger partial charge in [0.05, 0.1) is 12.4 Å². The van der Waals surface area contributed by atoms with Gasteiger partial charge in [0.1, 0.15) is 17.2 Å². The number of nitrogens with two attached hydrogens (primary N) is 1. The molecule has 4 aromatic heterocycles. The van der Waals surface area contributed by atoms with E-state index in [1.165, 1.54) is 6.07 Å². The van der Waals surface area contributed by atoms with Gasteiger partial charge >= 0.3 is 0 Å². The number of H-pyrrole nitrogens is 1. The lowest BCUT2D eigenvalue weighted by Crippen LogP contribution is -1.98. The molecule has 9 heteroatoms. The molecule has 0 unspecified atom stereocenters. The van der Waals surface area contributed by atoms with Crippen LogP contribution in [0.1, 0.15) is 11.1 Å². The van der Waals surface area contributed by atoms with Crippen molar-refractivity contribution < 1.29 is 4.39 Å². The molecule has 0 aliphatic heterocycles. The van der Waals surface area contributed by atoms with E-state index in [0.717, 1.165) is 17.3 Å². The van der Waals surface area contributed by atoms with E-state index in [1.807, 2.05) is 6.20 Å². The third-order valence-electron chi connectivity index (χ3n) is 3.37. The van der Waals surface area contributed by atoms with Crippen LogP contribution in [0.5, 0.6) is 0 Å².